The molecule has 0 saturated carbocycles. The number of hydrogen-bond acceptors (Lipinski definition) is 7. The lowest BCUT2D eigenvalue weighted by molar-refractivity contribution is -0.118. The van der Waals surface area contributed by atoms with Gasteiger partial charge in [-0.25, -0.2) is 4.98 Å². The van der Waals surface area contributed by atoms with Crippen molar-refractivity contribution < 1.29 is 14.3 Å². The Balaban J connectivity index is 1.23. The SMILES string of the molecule is C=CCn1c(SCC(=O)NCCc2ccc3c(c2)OCCO3)nc2sc3c(c2c1=O)CCCC3. The highest BCUT2D eigenvalue weighted by molar-refractivity contribution is 7.99. The fourth-order valence-corrected chi connectivity index (χ4v) is 6.53. The van der Waals surface area contributed by atoms with Gasteiger partial charge in [0.15, 0.2) is 16.7 Å². The predicted molar refractivity (Wildman–Crippen MR) is 136 cm³/mol. The lowest BCUT2D eigenvalue weighted by Crippen LogP contribution is -2.28. The third-order valence-corrected chi connectivity index (χ3v) is 8.19. The first-order valence-electron chi connectivity index (χ1n) is 11.6. The lowest BCUT2D eigenvalue weighted by Gasteiger charge is -2.18. The maximum Gasteiger partial charge on any atom is 0.263 e. The number of aromatic nitrogens is 2. The number of allylic oxidation sites excluding steroid dienone is 1. The minimum atomic E-state index is -0.0903. The fraction of sp³-hybridized carbons (Fsp3) is 0.400. The van der Waals surface area contributed by atoms with Crippen molar-refractivity contribution in [3.8, 4) is 11.5 Å². The molecule has 2 aromatic heterocycles. The Morgan fingerprint density at radius 1 is 1.24 bits per heavy atom. The van der Waals surface area contributed by atoms with Crippen LogP contribution < -0.4 is 20.3 Å². The second-order valence-electron chi connectivity index (χ2n) is 8.36. The number of carbonyl (C=O) groups excluding carboxylic acids is 1. The third kappa shape index (κ3) is 4.72. The van der Waals surface area contributed by atoms with Crippen molar-refractivity contribution >= 4 is 39.2 Å². The Kier molecular flexibility index (Phi) is 6.92. The van der Waals surface area contributed by atoms with Crippen LogP contribution in [0.25, 0.3) is 10.2 Å². The van der Waals surface area contributed by atoms with E-state index < -0.39 is 0 Å². The van der Waals surface area contributed by atoms with Crippen LogP contribution in [0.4, 0.5) is 0 Å². The highest BCUT2D eigenvalue weighted by Gasteiger charge is 2.22. The van der Waals surface area contributed by atoms with E-state index in [-0.39, 0.29) is 17.2 Å². The number of carbonyl (C=O) groups is 1. The molecule has 3 aromatic rings. The van der Waals surface area contributed by atoms with Gasteiger partial charge < -0.3 is 14.8 Å². The van der Waals surface area contributed by atoms with Crippen LogP contribution in [-0.4, -0.2) is 41.0 Å². The molecular weight excluding hydrogens is 470 g/mol. The topological polar surface area (TPSA) is 82.5 Å². The van der Waals surface area contributed by atoms with Crippen LogP contribution in [0, 0.1) is 0 Å². The number of nitrogens with zero attached hydrogens (tertiary/aromatic N) is 2. The van der Waals surface area contributed by atoms with Crippen LogP contribution >= 0.6 is 23.1 Å². The molecule has 0 bridgehead atoms. The number of ether oxygens (including phenoxy) is 2. The number of nitrogens with one attached hydrogen (secondary N) is 1. The van der Waals surface area contributed by atoms with Gasteiger partial charge in [-0.2, -0.15) is 0 Å². The maximum atomic E-state index is 13.3. The average Bonchev–Trinajstić information content (AvgIpc) is 3.23. The van der Waals surface area contributed by atoms with Crippen LogP contribution in [0.3, 0.4) is 0 Å². The van der Waals surface area contributed by atoms with Crippen molar-refractivity contribution in [2.45, 2.75) is 43.8 Å². The highest BCUT2D eigenvalue weighted by Crippen LogP contribution is 2.35. The molecular formula is C25H27N3O4S2. The Hall–Kier alpha value is -2.78. The zero-order valence-corrected chi connectivity index (χ0v) is 20.6. The summed E-state index contributed by atoms with van der Waals surface area (Å²) in [6, 6.07) is 5.86. The fourth-order valence-electron chi connectivity index (χ4n) is 4.39. The molecule has 0 atom stereocenters. The summed E-state index contributed by atoms with van der Waals surface area (Å²) in [6.45, 7) is 5.80. The van der Waals surface area contributed by atoms with Crippen LogP contribution in [0.1, 0.15) is 28.8 Å². The van der Waals surface area contributed by atoms with E-state index in [1.54, 1.807) is 22.0 Å². The van der Waals surface area contributed by atoms with Crippen LogP contribution in [0.5, 0.6) is 11.5 Å². The van der Waals surface area contributed by atoms with Gasteiger partial charge in [-0.3, -0.25) is 14.2 Å². The minimum absolute atomic E-state index is 0.0224. The number of rotatable bonds is 8. The Morgan fingerprint density at radius 2 is 2.06 bits per heavy atom. The first-order chi connectivity index (χ1) is 16.6. The monoisotopic (exact) mass is 497 g/mol. The molecule has 5 rings (SSSR count). The molecule has 2 aliphatic rings. The number of thioether (sulfide) groups is 1. The number of fused-ring (bicyclic) bond motifs is 4. The molecule has 0 saturated heterocycles. The molecule has 178 valence electrons. The van der Waals surface area contributed by atoms with Crippen LogP contribution in [-0.2, 0) is 30.6 Å². The molecule has 3 heterocycles. The summed E-state index contributed by atoms with van der Waals surface area (Å²) >= 11 is 2.92. The Morgan fingerprint density at radius 3 is 2.91 bits per heavy atom. The average molecular weight is 498 g/mol. The Bertz CT molecular complexity index is 1300. The molecule has 0 radical (unpaired) electrons. The van der Waals surface area contributed by atoms with Crippen molar-refractivity contribution in [2.24, 2.45) is 0 Å². The zero-order valence-electron chi connectivity index (χ0n) is 18.9. The highest BCUT2D eigenvalue weighted by atomic mass is 32.2. The van der Waals surface area contributed by atoms with E-state index in [9.17, 15) is 9.59 Å². The molecule has 0 spiro atoms. The van der Waals surface area contributed by atoms with E-state index in [1.807, 2.05) is 18.2 Å². The summed E-state index contributed by atoms with van der Waals surface area (Å²) < 4.78 is 12.8. The minimum Gasteiger partial charge on any atom is -0.486 e. The Labute approximate surface area is 206 Å². The lowest BCUT2D eigenvalue weighted by atomic mass is 9.97. The first-order valence-corrected chi connectivity index (χ1v) is 13.4. The van der Waals surface area contributed by atoms with Gasteiger partial charge in [0.05, 0.1) is 11.1 Å². The molecule has 1 amide bonds. The van der Waals surface area contributed by atoms with Gasteiger partial charge in [0.1, 0.15) is 18.0 Å². The molecule has 7 nitrogen and oxygen atoms in total. The van der Waals surface area contributed by atoms with Crippen molar-refractivity contribution in [3.63, 3.8) is 0 Å². The second kappa shape index (κ2) is 10.2. The first kappa shape index (κ1) is 23.0. The second-order valence-corrected chi connectivity index (χ2v) is 10.4. The summed E-state index contributed by atoms with van der Waals surface area (Å²) in [5.74, 6) is 1.62. The molecule has 9 heteroatoms. The van der Waals surface area contributed by atoms with E-state index in [1.165, 1.54) is 22.2 Å². The molecule has 0 unspecified atom stereocenters. The van der Waals surface area contributed by atoms with Crippen molar-refractivity contribution in [1.29, 1.82) is 0 Å². The largest absolute Gasteiger partial charge is 0.486 e. The van der Waals surface area contributed by atoms with E-state index in [0.29, 0.717) is 37.9 Å². The van der Waals surface area contributed by atoms with Crippen LogP contribution in [0.2, 0.25) is 0 Å². The van der Waals surface area contributed by atoms with E-state index in [2.05, 4.69) is 11.9 Å². The van der Waals surface area contributed by atoms with Gasteiger partial charge in [-0.1, -0.05) is 23.9 Å². The smallest absolute Gasteiger partial charge is 0.263 e. The van der Waals surface area contributed by atoms with E-state index in [4.69, 9.17) is 14.5 Å². The van der Waals surface area contributed by atoms with Gasteiger partial charge in [-0.05, 0) is 55.4 Å². The summed E-state index contributed by atoms with van der Waals surface area (Å²) in [4.78, 5) is 32.7. The van der Waals surface area contributed by atoms with E-state index >= 15 is 0 Å². The summed E-state index contributed by atoms with van der Waals surface area (Å²) in [6.07, 6.45) is 6.63. The third-order valence-electron chi connectivity index (χ3n) is 6.03. The normalized spacial score (nSPS) is 14.6. The number of amides is 1. The quantitative estimate of drug-likeness (QED) is 0.290. The van der Waals surface area contributed by atoms with Crippen molar-refractivity contribution in [2.75, 3.05) is 25.5 Å². The van der Waals surface area contributed by atoms with E-state index in [0.717, 1.165) is 53.0 Å². The summed E-state index contributed by atoms with van der Waals surface area (Å²) in [7, 11) is 0. The molecule has 0 fully saturated rings. The van der Waals surface area contributed by atoms with Crippen molar-refractivity contribution in [3.05, 3.63) is 57.2 Å². The maximum absolute atomic E-state index is 13.3. The molecule has 1 aliphatic heterocycles. The molecule has 1 aliphatic carbocycles. The predicted octanol–water partition coefficient (Wildman–Crippen LogP) is 3.75. The van der Waals surface area contributed by atoms with Gasteiger partial charge in [0.25, 0.3) is 5.56 Å². The number of aryl methyl sites for hydroxylation is 2. The van der Waals surface area contributed by atoms with Gasteiger partial charge >= 0.3 is 0 Å². The molecule has 1 aromatic carbocycles. The zero-order chi connectivity index (χ0) is 23.5. The number of benzene rings is 1. The number of thiophene rings is 1. The number of hydrogen-bond donors (Lipinski definition) is 1. The van der Waals surface area contributed by atoms with Gasteiger partial charge in [-0.15, -0.1) is 17.9 Å². The molecule has 34 heavy (non-hydrogen) atoms. The molecule has 1 N–H and O–H groups in total. The summed E-state index contributed by atoms with van der Waals surface area (Å²) in [5, 5.41) is 4.29. The standard InChI is InChI=1S/C25H27N3O4S2/c1-2-11-28-24(30)22-17-5-3-4-6-20(17)34-23(22)27-25(28)33-15-21(29)26-10-9-16-7-8-18-19(14-16)32-13-12-31-18/h2,7-8,14H,1,3-6,9-13,15H2,(H,26,29). The van der Waals surface area contributed by atoms with Gasteiger partial charge in [0.2, 0.25) is 5.91 Å². The summed E-state index contributed by atoms with van der Waals surface area (Å²) in [5.41, 5.74) is 2.23. The van der Waals surface area contributed by atoms with Gasteiger partial charge in [0, 0.05) is 18.0 Å². The van der Waals surface area contributed by atoms with Crippen LogP contribution in [0.15, 0.2) is 40.8 Å². The van der Waals surface area contributed by atoms with Crippen molar-refractivity contribution in [1.82, 2.24) is 14.9 Å².